The van der Waals surface area contributed by atoms with Gasteiger partial charge in [-0.05, 0) is 28.1 Å². The summed E-state index contributed by atoms with van der Waals surface area (Å²) in [7, 11) is 0. The lowest BCUT2D eigenvalue weighted by Gasteiger charge is -2.07. The molecule has 0 spiro atoms. The molecule has 0 saturated carbocycles. The van der Waals surface area contributed by atoms with Crippen LogP contribution in [0.25, 0.3) is 0 Å². The van der Waals surface area contributed by atoms with Crippen molar-refractivity contribution >= 4 is 15.9 Å². The third-order valence-electron chi connectivity index (χ3n) is 1.93. The first-order chi connectivity index (χ1) is 8.22. The molecule has 0 unspecified atom stereocenters. The Balaban J connectivity index is 2.41. The molecule has 0 bridgehead atoms. The molecular formula is C11H5BrFN3O. The molecule has 1 heterocycles. The zero-order valence-corrected chi connectivity index (χ0v) is 9.98. The Morgan fingerprint density at radius 1 is 1.41 bits per heavy atom. The van der Waals surface area contributed by atoms with E-state index in [1.807, 2.05) is 0 Å². The molecule has 6 heteroatoms. The van der Waals surface area contributed by atoms with Gasteiger partial charge in [-0.2, -0.15) is 5.26 Å². The molecule has 1 aromatic carbocycles. The second kappa shape index (κ2) is 4.89. The summed E-state index contributed by atoms with van der Waals surface area (Å²) < 4.78 is 19.2. The Morgan fingerprint density at radius 2 is 2.24 bits per heavy atom. The fourth-order valence-corrected chi connectivity index (χ4v) is 1.48. The third-order valence-corrected chi connectivity index (χ3v) is 2.47. The summed E-state index contributed by atoms with van der Waals surface area (Å²) in [6, 6.07) is 5.89. The SMILES string of the molecule is N#Cc1c(F)cccc1Oc1ncncc1Br. The predicted molar refractivity (Wildman–Crippen MR) is 60.9 cm³/mol. The fourth-order valence-electron chi connectivity index (χ4n) is 1.18. The standard InChI is InChI=1S/C11H5BrFN3O/c12-8-5-15-6-16-11(8)17-10-3-1-2-9(13)7(10)4-14/h1-3,5-6H. The van der Waals surface area contributed by atoms with Gasteiger partial charge in [0.05, 0.1) is 4.47 Å². The Hall–Kier alpha value is -2.00. The number of hydrogen-bond donors (Lipinski definition) is 0. The molecule has 0 radical (unpaired) electrons. The Labute approximate surface area is 105 Å². The molecule has 1 aromatic heterocycles. The van der Waals surface area contributed by atoms with E-state index in [2.05, 4.69) is 25.9 Å². The van der Waals surface area contributed by atoms with Crippen LogP contribution in [-0.4, -0.2) is 9.97 Å². The first kappa shape index (κ1) is 11.5. The molecule has 4 nitrogen and oxygen atoms in total. The lowest BCUT2D eigenvalue weighted by atomic mass is 10.2. The summed E-state index contributed by atoms with van der Waals surface area (Å²) in [5.74, 6) is -0.288. The summed E-state index contributed by atoms with van der Waals surface area (Å²) in [4.78, 5) is 7.64. The largest absolute Gasteiger partial charge is 0.436 e. The van der Waals surface area contributed by atoms with Gasteiger partial charge in [0, 0.05) is 6.20 Å². The van der Waals surface area contributed by atoms with E-state index in [1.165, 1.54) is 30.7 Å². The van der Waals surface area contributed by atoms with Crippen LogP contribution in [0, 0.1) is 17.1 Å². The summed E-state index contributed by atoms with van der Waals surface area (Å²) >= 11 is 3.19. The van der Waals surface area contributed by atoms with Gasteiger partial charge in [-0.3, -0.25) is 0 Å². The molecule has 0 aliphatic heterocycles. The van der Waals surface area contributed by atoms with Crippen LogP contribution in [0.4, 0.5) is 4.39 Å². The van der Waals surface area contributed by atoms with E-state index in [-0.39, 0.29) is 17.2 Å². The van der Waals surface area contributed by atoms with Crippen molar-refractivity contribution in [2.75, 3.05) is 0 Å². The van der Waals surface area contributed by atoms with E-state index in [1.54, 1.807) is 6.07 Å². The van der Waals surface area contributed by atoms with Gasteiger partial charge in [-0.25, -0.2) is 14.4 Å². The molecule has 0 aliphatic rings. The van der Waals surface area contributed by atoms with Crippen LogP contribution in [0.5, 0.6) is 11.6 Å². The number of rotatable bonds is 2. The zero-order chi connectivity index (χ0) is 12.3. The molecule has 0 atom stereocenters. The summed E-state index contributed by atoms with van der Waals surface area (Å²) in [6.07, 6.45) is 2.79. The van der Waals surface area contributed by atoms with E-state index in [0.717, 1.165) is 0 Å². The molecule has 0 aliphatic carbocycles. The molecule has 84 valence electrons. The van der Waals surface area contributed by atoms with Crippen molar-refractivity contribution in [3.63, 3.8) is 0 Å². The molecule has 0 N–H and O–H groups in total. The molecule has 0 saturated heterocycles. The molecule has 2 rings (SSSR count). The van der Waals surface area contributed by atoms with E-state index in [0.29, 0.717) is 4.47 Å². The summed E-state index contributed by atoms with van der Waals surface area (Å²) in [5.41, 5.74) is -0.155. The van der Waals surface area contributed by atoms with Crippen molar-refractivity contribution in [1.82, 2.24) is 9.97 Å². The van der Waals surface area contributed by atoms with Crippen molar-refractivity contribution < 1.29 is 9.13 Å². The number of nitriles is 1. The monoisotopic (exact) mass is 293 g/mol. The Kier molecular flexibility index (Phi) is 3.30. The van der Waals surface area contributed by atoms with Gasteiger partial charge in [-0.15, -0.1) is 0 Å². The number of benzene rings is 1. The smallest absolute Gasteiger partial charge is 0.236 e. The van der Waals surface area contributed by atoms with Crippen molar-refractivity contribution in [3.8, 4) is 17.7 Å². The number of halogens is 2. The molecule has 0 fully saturated rings. The second-order valence-electron chi connectivity index (χ2n) is 3.00. The van der Waals surface area contributed by atoms with Gasteiger partial charge in [-0.1, -0.05) is 6.07 Å². The van der Waals surface area contributed by atoms with Gasteiger partial charge in [0.15, 0.2) is 0 Å². The normalized spacial score (nSPS) is 9.71. The average Bonchev–Trinajstić information content (AvgIpc) is 2.32. The summed E-state index contributed by atoms with van der Waals surface area (Å²) in [5, 5.41) is 8.83. The third kappa shape index (κ3) is 2.40. The van der Waals surface area contributed by atoms with Crippen molar-refractivity contribution in [2.45, 2.75) is 0 Å². The predicted octanol–water partition coefficient (Wildman–Crippen LogP) is 3.04. The van der Waals surface area contributed by atoms with E-state index in [9.17, 15) is 4.39 Å². The highest BCUT2D eigenvalue weighted by Crippen LogP contribution is 2.29. The minimum Gasteiger partial charge on any atom is -0.436 e. The van der Waals surface area contributed by atoms with Gasteiger partial charge >= 0.3 is 0 Å². The van der Waals surface area contributed by atoms with E-state index < -0.39 is 5.82 Å². The molecule has 17 heavy (non-hydrogen) atoms. The van der Waals surface area contributed by atoms with Crippen LogP contribution in [0.2, 0.25) is 0 Å². The van der Waals surface area contributed by atoms with Crippen LogP contribution in [0.15, 0.2) is 35.2 Å². The first-order valence-electron chi connectivity index (χ1n) is 4.54. The maximum Gasteiger partial charge on any atom is 0.236 e. The lowest BCUT2D eigenvalue weighted by Crippen LogP contribution is -1.94. The van der Waals surface area contributed by atoms with Gasteiger partial charge in [0.25, 0.3) is 0 Å². The number of aromatic nitrogens is 2. The number of hydrogen-bond acceptors (Lipinski definition) is 4. The van der Waals surface area contributed by atoms with Crippen LogP contribution < -0.4 is 4.74 Å². The highest BCUT2D eigenvalue weighted by atomic mass is 79.9. The average molecular weight is 294 g/mol. The van der Waals surface area contributed by atoms with Crippen LogP contribution in [0.1, 0.15) is 5.56 Å². The maximum absolute atomic E-state index is 13.3. The van der Waals surface area contributed by atoms with Crippen LogP contribution >= 0.6 is 15.9 Å². The minimum atomic E-state index is -0.629. The second-order valence-corrected chi connectivity index (χ2v) is 3.86. The minimum absolute atomic E-state index is 0.118. The van der Waals surface area contributed by atoms with Crippen molar-refractivity contribution in [1.29, 1.82) is 5.26 Å². The van der Waals surface area contributed by atoms with Crippen LogP contribution in [-0.2, 0) is 0 Å². The van der Waals surface area contributed by atoms with Gasteiger partial charge in [0.2, 0.25) is 5.88 Å². The van der Waals surface area contributed by atoms with Crippen molar-refractivity contribution in [2.24, 2.45) is 0 Å². The van der Waals surface area contributed by atoms with Crippen molar-refractivity contribution in [3.05, 3.63) is 46.6 Å². The van der Waals surface area contributed by atoms with Crippen LogP contribution in [0.3, 0.4) is 0 Å². The molecule has 0 amide bonds. The topological polar surface area (TPSA) is 58.8 Å². The Bertz CT molecular complexity index is 598. The fraction of sp³-hybridized carbons (Fsp3) is 0. The maximum atomic E-state index is 13.3. The van der Waals surface area contributed by atoms with E-state index in [4.69, 9.17) is 10.00 Å². The zero-order valence-electron chi connectivity index (χ0n) is 8.39. The molecular weight excluding hydrogens is 289 g/mol. The summed E-state index contributed by atoms with van der Waals surface area (Å²) in [6.45, 7) is 0. The first-order valence-corrected chi connectivity index (χ1v) is 5.33. The Morgan fingerprint density at radius 3 is 2.94 bits per heavy atom. The molecule has 2 aromatic rings. The lowest BCUT2D eigenvalue weighted by molar-refractivity contribution is 0.451. The van der Waals surface area contributed by atoms with Gasteiger partial charge < -0.3 is 4.74 Å². The highest BCUT2D eigenvalue weighted by molar-refractivity contribution is 9.10. The van der Waals surface area contributed by atoms with E-state index >= 15 is 0 Å². The number of nitrogens with zero attached hydrogens (tertiary/aromatic N) is 3. The van der Waals surface area contributed by atoms with Gasteiger partial charge in [0.1, 0.15) is 29.5 Å². The number of ether oxygens (including phenoxy) is 1. The quantitative estimate of drug-likeness (QED) is 0.854. The highest BCUT2D eigenvalue weighted by Gasteiger charge is 2.11.